The molecule has 0 atom stereocenters. The third-order valence-electron chi connectivity index (χ3n) is 3.97. The molecule has 3 aromatic rings. The summed E-state index contributed by atoms with van der Waals surface area (Å²) < 4.78 is 12.7. The standard InChI is InChI=1S/C19H22N4O2S/c1-13-8-9-16(14(2)10-13)25-11-18-21-22-19(23(18)20)26-12-15-6-4-5-7-17(15)24-3/h4-10H,11-12,20H2,1-3H3. The normalized spacial score (nSPS) is 10.7. The molecule has 0 saturated carbocycles. The summed E-state index contributed by atoms with van der Waals surface area (Å²) >= 11 is 1.51. The number of nitrogens with two attached hydrogens (primary N) is 1. The molecular weight excluding hydrogens is 348 g/mol. The quantitative estimate of drug-likeness (QED) is 0.507. The van der Waals surface area contributed by atoms with Crippen molar-refractivity contribution in [1.29, 1.82) is 0 Å². The number of aryl methyl sites for hydroxylation is 2. The Kier molecular flexibility index (Phi) is 5.68. The van der Waals surface area contributed by atoms with Gasteiger partial charge >= 0.3 is 0 Å². The number of benzene rings is 2. The topological polar surface area (TPSA) is 75.2 Å². The highest BCUT2D eigenvalue weighted by atomic mass is 32.2. The van der Waals surface area contributed by atoms with Crippen LogP contribution in [0.5, 0.6) is 11.5 Å². The lowest BCUT2D eigenvalue weighted by Crippen LogP contribution is -2.16. The first-order valence-corrected chi connectivity index (χ1v) is 9.21. The minimum atomic E-state index is 0.266. The van der Waals surface area contributed by atoms with Crippen LogP contribution in [0.2, 0.25) is 0 Å². The van der Waals surface area contributed by atoms with Crippen molar-refractivity contribution in [2.75, 3.05) is 13.0 Å². The number of ether oxygens (including phenoxy) is 2. The predicted octanol–water partition coefficient (Wildman–Crippen LogP) is 3.49. The fourth-order valence-electron chi connectivity index (χ4n) is 2.57. The van der Waals surface area contributed by atoms with Gasteiger partial charge in [-0.3, -0.25) is 0 Å². The molecule has 0 amide bonds. The number of methoxy groups -OCH3 is 1. The number of nitrogen functional groups attached to an aromatic ring is 1. The van der Waals surface area contributed by atoms with E-state index in [0.29, 0.717) is 16.7 Å². The molecule has 136 valence electrons. The zero-order chi connectivity index (χ0) is 18.5. The van der Waals surface area contributed by atoms with Gasteiger partial charge < -0.3 is 15.3 Å². The van der Waals surface area contributed by atoms with E-state index in [2.05, 4.69) is 23.2 Å². The van der Waals surface area contributed by atoms with E-state index >= 15 is 0 Å². The van der Waals surface area contributed by atoms with Crippen LogP contribution in [-0.2, 0) is 12.4 Å². The smallest absolute Gasteiger partial charge is 0.210 e. The first kappa shape index (κ1) is 18.1. The van der Waals surface area contributed by atoms with E-state index in [1.807, 2.05) is 43.3 Å². The average molecular weight is 370 g/mol. The Morgan fingerprint density at radius 3 is 2.65 bits per heavy atom. The van der Waals surface area contributed by atoms with Crippen LogP contribution in [0.15, 0.2) is 47.6 Å². The second-order valence-corrected chi connectivity index (χ2v) is 6.87. The van der Waals surface area contributed by atoms with E-state index in [1.165, 1.54) is 22.0 Å². The summed E-state index contributed by atoms with van der Waals surface area (Å²) in [5, 5.41) is 8.94. The fraction of sp³-hybridized carbons (Fsp3) is 0.263. The third kappa shape index (κ3) is 4.11. The lowest BCUT2D eigenvalue weighted by Gasteiger charge is -2.10. The summed E-state index contributed by atoms with van der Waals surface area (Å²) in [4.78, 5) is 0. The number of para-hydroxylation sites is 1. The van der Waals surface area contributed by atoms with Gasteiger partial charge in [0, 0.05) is 11.3 Å². The zero-order valence-electron chi connectivity index (χ0n) is 15.1. The highest BCUT2D eigenvalue weighted by molar-refractivity contribution is 7.98. The summed E-state index contributed by atoms with van der Waals surface area (Å²) in [6.45, 7) is 4.34. The monoisotopic (exact) mass is 370 g/mol. The molecule has 2 aromatic carbocycles. The Labute approximate surface area is 157 Å². The molecule has 1 aromatic heterocycles. The number of nitrogens with zero attached hydrogens (tertiary/aromatic N) is 3. The molecule has 0 fully saturated rings. The largest absolute Gasteiger partial charge is 0.496 e. The number of rotatable bonds is 7. The van der Waals surface area contributed by atoms with Gasteiger partial charge in [-0.2, -0.15) is 0 Å². The lowest BCUT2D eigenvalue weighted by atomic mass is 10.1. The Bertz CT molecular complexity index is 895. The molecule has 0 aliphatic carbocycles. The third-order valence-corrected chi connectivity index (χ3v) is 4.96. The van der Waals surface area contributed by atoms with Gasteiger partial charge in [0.2, 0.25) is 5.16 Å². The molecule has 0 aliphatic heterocycles. The van der Waals surface area contributed by atoms with E-state index in [9.17, 15) is 0 Å². The van der Waals surface area contributed by atoms with Crippen molar-refractivity contribution in [2.45, 2.75) is 31.4 Å². The highest BCUT2D eigenvalue weighted by Gasteiger charge is 2.13. The van der Waals surface area contributed by atoms with Crippen LogP contribution in [0.1, 0.15) is 22.5 Å². The number of aromatic nitrogens is 3. The molecule has 0 radical (unpaired) electrons. The second-order valence-electron chi connectivity index (χ2n) is 5.93. The van der Waals surface area contributed by atoms with E-state index in [0.717, 1.165) is 22.6 Å². The maximum Gasteiger partial charge on any atom is 0.210 e. The molecule has 1 heterocycles. The SMILES string of the molecule is COc1ccccc1CSc1nnc(COc2ccc(C)cc2C)n1N. The summed E-state index contributed by atoms with van der Waals surface area (Å²) in [5.74, 6) is 9.06. The lowest BCUT2D eigenvalue weighted by molar-refractivity contribution is 0.289. The van der Waals surface area contributed by atoms with Gasteiger partial charge in [0.25, 0.3) is 0 Å². The molecule has 0 bridgehead atoms. The van der Waals surface area contributed by atoms with Crippen LogP contribution in [0.3, 0.4) is 0 Å². The van der Waals surface area contributed by atoms with Gasteiger partial charge in [0.15, 0.2) is 5.82 Å². The van der Waals surface area contributed by atoms with Crippen molar-refractivity contribution in [3.63, 3.8) is 0 Å². The van der Waals surface area contributed by atoms with E-state index in [-0.39, 0.29) is 6.61 Å². The second kappa shape index (κ2) is 8.14. The molecule has 7 heteroatoms. The average Bonchev–Trinajstić information content (AvgIpc) is 2.99. The molecule has 26 heavy (non-hydrogen) atoms. The Hall–Kier alpha value is -2.67. The van der Waals surface area contributed by atoms with E-state index in [4.69, 9.17) is 15.3 Å². The Morgan fingerprint density at radius 1 is 1.08 bits per heavy atom. The number of hydrogen-bond donors (Lipinski definition) is 1. The van der Waals surface area contributed by atoms with Crippen molar-refractivity contribution in [3.8, 4) is 11.5 Å². The minimum Gasteiger partial charge on any atom is -0.496 e. The van der Waals surface area contributed by atoms with Gasteiger partial charge in [0.1, 0.15) is 18.1 Å². The van der Waals surface area contributed by atoms with Gasteiger partial charge in [0.05, 0.1) is 7.11 Å². The van der Waals surface area contributed by atoms with Crippen LogP contribution < -0.4 is 15.3 Å². The Balaban J connectivity index is 1.64. The molecule has 0 saturated heterocycles. The molecule has 6 nitrogen and oxygen atoms in total. The highest BCUT2D eigenvalue weighted by Crippen LogP contribution is 2.27. The van der Waals surface area contributed by atoms with E-state index < -0.39 is 0 Å². The maximum absolute atomic E-state index is 6.12. The van der Waals surface area contributed by atoms with Crippen molar-refractivity contribution in [1.82, 2.24) is 14.9 Å². The van der Waals surface area contributed by atoms with Crippen LogP contribution in [0, 0.1) is 13.8 Å². The number of hydrogen-bond acceptors (Lipinski definition) is 6. The molecule has 0 spiro atoms. The zero-order valence-corrected chi connectivity index (χ0v) is 15.9. The van der Waals surface area contributed by atoms with Gasteiger partial charge in [-0.25, -0.2) is 4.68 Å². The van der Waals surface area contributed by atoms with Gasteiger partial charge in [-0.15, -0.1) is 10.2 Å². The maximum atomic E-state index is 6.12. The van der Waals surface area contributed by atoms with Crippen LogP contribution in [-0.4, -0.2) is 22.0 Å². The van der Waals surface area contributed by atoms with Gasteiger partial charge in [-0.1, -0.05) is 47.7 Å². The predicted molar refractivity (Wildman–Crippen MR) is 103 cm³/mol. The van der Waals surface area contributed by atoms with E-state index in [1.54, 1.807) is 7.11 Å². The molecular formula is C19H22N4O2S. The Morgan fingerprint density at radius 2 is 1.88 bits per heavy atom. The van der Waals surface area contributed by atoms with Crippen molar-refractivity contribution in [3.05, 3.63) is 65.0 Å². The molecule has 0 aliphatic rings. The fourth-order valence-corrected chi connectivity index (χ4v) is 3.44. The summed E-state index contributed by atoms with van der Waals surface area (Å²) in [7, 11) is 1.66. The minimum absolute atomic E-state index is 0.266. The molecule has 3 rings (SSSR count). The first-order valence-electron chi connectivity index (χ1n) is 8.22. The van der Waals surface area contributed by atoms with Crippen molar-refractivity contribution >= 4 is 11.8 Å². The van der Waals surface area contributed by atoms with Gasteiger partial charge in [-0.05, 0) is 31.5 Å². The summed E-state index contributed by atoms with van der Waals surface area (Å²) in [6.07, 6.45) is 0. The first-order chi connectivity index (χ1) is 12.6. The van der Waals surface area contributed by atoms with Crippen LogP contribution >= 0.6 is 11.8 Å². The summed E-state index contributed by atoms with van der Waals surface area (Å²) in [5.41, 5.74) is 3.36. The van der Waals surface area contributed by atoms with Crippen LogP contribution in [0.4, 0.5) is 0 Å². The molecule has 0 unspecified atom stereocenters. The van der Waals surface area contributed by atoms with Crippen LogP contribution in [0.25, 0.3) is 0 Å². The van der Waals surface area contributed by atoms with Crippen molar-refractivity contribution in [2.24, 2.45) is 0 Å². The number of thioether (sulfide) groups is 1. The van der Waals surface area contributed by atoms with Crippen molar-refractivity contribution < 1.29 is 9.47 Å². The molecule has 2 N–H and O–H groups in total. The summed E-state index contributed by atoms with van der Waals surface area (Å²) in [6, 6.07) is 13.9.